The molecule has 0 saturated carbocycles. The largest absolute Gasteiger partial charge is 0.325 e. The number of hydrogen-bond donors (Lipinski definition) is 1. The first-order valence-electron chi connectivity index (χ1n) is 5.34. The molecule has 0 aliphatic heterocycles. The molecule has 1 heterocycles. The summed E-state index contributed by atoms with van der Waals surface area (Å²) in [6, 6.07) is 6.43. The SMILES string of the molecule is Cc1ccc(C)c(Cn2cc(CN)nn2)c1.Cl. The number of aromatic nitrogens is 3. The summed E-state index contributed by atoms with van der Waals surface area (Å²) in [5.74, 6) is 0. The van der Waals surface area contributed by atoms with E-state index in [2.05, 4.69) is 42.4 Å². The number of aryl methyl sites for hydroxylation is 2. The van der Waals surface area contributed by atoms with Crippen molar-refractivity contribution in [3.63, 3.8) is 0 Å². The Labute approximate surface area is 107 Å². The third-order valence-corrected chi connectivity index (χ3v) is 2.63. The van der Waals surface area contributed by atoms with Crippen LogP contribution in [-0.2, 0) is 13.1 Å². The molecular formula is C12H17ClN4. The molecule has 0 aliphatic carbocycles. The highest BCUT2D eigenvalue weighted by Gasteiger charge is 2.02. The van der Waals surface area contributed by atoms with Gasteiger partial charge in [0.2, 0.25) is 0 Å². The molecule has 4 nitrogen and oxygen atoms in total. The van der Waals surface area contributed by atoms with E-state index in [9.17, 15) is 0 Å². The summed E-state index contributed by atoms with van der Waals surface area (Å²) < 4.78 is 1.82. The number of benzene rings is 1. The maximum Gasteiger partial charge on any atom is 0.0962 e. The van der Waals surface area contributed by atoms with E-state index in [-0.39, 0.29) is 12.4 Å². The van der Waals surface area contributed by atoms with Crippen molar-refractivity contribution in [2.75, 3.05) is 0 Å². The molecule has 2 rings (SSSR count). The van der Waals surface area contributed by atoms with E-state index >= 15 is 0 Å². The number of rotatable bonds is 3. The minimum Gasteiger partial charge on any atom is -0.325 e. The smallest absolute Gasteiger partial charge is 0.0962 e. The summed E-state index contributed by atoms with van der Waals surface area (Å²) in [4.78, 5) is 0. The van der Waals surface area contributed by atoms with E-state index in [1.54, 1.807) is 0 Å². The topological polar surface area (TPSA) is 56.7 Å². The molecule has 0 spiro atoms. The van der Waals surface area contributed by atoms with Gasteiger partial charge in [0.15, 0.2) is 0 Å². The van der Waals surface area contributed by atoms with Crippen LogP contribution in [0.5, 0.6) is 0 Å². The standard InChI is InChI=1S/C12H16N4.ClH/c1-9-3-4-10(2)11(5-9)7-16-8-12(6-13)14-15-16;/h3-5,8H,6-7,13H2,1-2H3;1H. The number of nitrogens with zero attached hydrogens (tertiary/aromatic N) is 3. The van der Waals surface area contributed by atoms with Gasteiger partial charge in [-0.3, -0.25) is 0 Å². The molecule has 0 atom stereocenters. The molecule has 0 amide bonds. The van der Waals surface area contributed by atoms with Crippen LogP contribution in [0.4, 0.5) is 0 Å². The molecule has 1 aromatic heterocycles. The molecule has 5 heteroatoms. The Morgan fingerprint density at radius 2 is 2.06 bits per heavy atom. The van der Waals surface area contributed by atoms with Crippen LogP contribution in [0.15, 0.2) is 24.4 Å². The second-order valence-corrected chi connectivity index (χ2v) is 4.04. The van der Waals surface area contributed by atoms with Crippen LogP contribution < -0.4 is 5.73 Å². The molecule has 0 saturated heterocycles. The molecule has 92 valence electrons. The van der Waals surface area contributed by atoms with Crippen molar-refractivity contribution in [2.45, 2.75) is 26.9 Å². The van der Waals surface area contributed by atoms with Crippen molar-refractivity contribution in [3.8, 4) is 0 Å². The Bertz CT molecular complexity index is 493. The van der Waals surface area contributed by atoms with Crippen LogP contribution in [0, 0.1) is 13.8 Å². The predicted molar refractivity (Wildman–Crippen MR) is 70.2 cm³/mol. The fourth-order valence-electron chi connectivity index (χ4n) is 1.65. The minimum atomic E-state index is 0. The molecule has 1 aromatic carbocycles. The van der Waals surface area contributed by atoms with Crippen molar-refractivity contribution < 1.29 is 0 Å². The second kappa shape index (κ2) is 5.80. The maximum atomic E-state index is 5.49. The molecule has 2 N–H and O–H groups in total. The lowest BCUT2D eigenvalue weighted by Crippen LogP contribution is -2.02. The van der Waals surface area contributed by atoms with E-state index in [1.165, 1.54) is 16.7 Å². The van der Waals surface area contributed by atoms with Crippen molar-refractivity contribution in [1.29, 1.82) is 0 Å². The van der Waals surface area contributed by atoms with Crippen LogP contribution in [0.1, 0.15) is 22.4 Å². The summed E-state index contributed by atoms with van der Waals surface area (Å²) >= 11 is 0. The Hall–Kier alpha value is -1.39. The molecule has 2 aromatic rings. The van der Waals surface area contributed by atoms with Gasteiger partial charge in [-0.25, -0.2) is 4.68 Å². The number of halogens is 1. The summed E-state index contributed by atoms with van der Waals surface area (Å²) in [5.41, 5.74) is 10.1. The first-order valence-corrected chi connectivity index (χ1v) is 5.34. The van der Waals surface area contributed by atoms with Gasteiger partial charge >= 0.3 is 0 Å². The summed E-state index contributed by atoms with van der Waals surface area (Å²) in [7, 11) is 0. The highest BCUT2D eigenvalue weighted by molar-refractivity contribution is 5.85. The molecule has 0 unspecified atom stereocenters. The molecule has 0 bridgehead atoms. The van der Waals surface area contributed by atoms with E-state index in [4.69, 9.17) is 5.73 Å². The zero-order valence-corrected chi connectivity index (χ0v) is 10.9. The molecule has 0 fully saturated rings. The number of nitrogens with two attached hydrogens (primary N) is 1. The van der Waals surface area contributed by atoms with Gasteiger partial charge in [-0.15, -0.1) is 17.5 Å². The van der Waals surface area contributed by atoms with Crippen molar-refractivity contribution in [2.24, 2.45) is 5.73 Å². The first kappa shape index (κ1) is 13.7. The first-order chi connectivity index (χ1) is 7.69. The zero-order chi connectivity index (χ0) is 11.5. The van der Waals surface area contributed by atoms with E-state index in [0.717, 1.165) is 12.2 Å². The fourth-order valence-corrected chi connectivity index (χ4v) is 1.65. The van der Waals surface area contributed by atoms with E-state index < -0.39 is 0 Å². The Balaban J connectivity index is 0.00000144. The quantitative estimate of drug-likeness (QED) is 0.907. The summed E-state index contributed by atoms with van der Waals surface area (Å²) in [6.07, 6.45) is 1.89. The summed E-state index contributed by atoms with van der Waals surface area (Å²) in [5, 5.41) is 8.01. The van der Waals surface area contributed by atoms with Crippen LogP contribution in [0.25, 0.3) is 0 Å². The Morgan fingerprint density at radius 3 is 2.71 bits per heavy atom. The summed E-state index contributed by atoms with van der Waals surface area (Å²) in [6.45, 7) is 5.39. The molecule has 0 radical (unpaired) electrons. The van der Waals surface area contributed by atoms with Crippen LogP contribution in [-0.4, -0.2) is 15.0 Å². The van der Waals surface area contributed by atoms with Crippen molar-refractivity contribution in [3.05, 3.63) is 46.8 Å². The normalized spacial score (nSPS) is 10.1. The zero-order valence-electron chi connectivity index (χ0n) is 10.1. The van der Waals surface area contributed by atoms with Crippen LogP contribution >= 0.6 is 12.4 Å². The predicted octanol–water partition coefficient (Wildman–Crippen LogP) is 1.82. The maximum absolute atomic E-state index is 5.49. The van der Waals surface area contributed by atoms with Gasteiger partial charge in [-0.05, 0) is 25.0 Å². The van der Waals surface area contributed by atoms with Gasteiger partial charge in [-0.2, -0.15) is 0 Å². The fraction of sp³-hybridized carbons (Fsp3) is 0.333. The van der Waals surface area contributed by atoms with Crippen molar-refractivity contribution >= 4 is 12.4 Å². The lowest BCUT2D eigenvalue weighted by atomic mass is 10.1. The van der Waals surface area contributed by atoms with Crippen LogP contribution in [0.2, 0.25) is 0 Å². The Morgan fingerprint density at radius 1 is 1.29 bits per heavy atom. The molecular weight excluding hydrogens is 236 g/mol. The van der Waals surface area contributed by atoms with Gasteiger partial charge in [0, 0.05) is 6.54 Å². The third kappa shape index (κ3) is 3.28. The van der Waals surface area contributed by atoms with Crippen molar-refractivity contribution in [1.82, 2.24) is 15.0 Å². The van der Waals surface area contributed by atoms with Crippen LogP contribution in [0.3, 0.4) is 0 Å². The highest BCUT2D eigenvalue weighted by atomic mass is 35.5. The lowest BCUT2D eigenvalue weighted by Gasteiger charge is -2.06. The monoisotopic (exact) mass is 252 g/mol. The van der Waals surface area contributed by atoms with Gasteiger partial charge < -0.3 is 5.73 Å². The van der Waals surface area contributed by atoms with Gasteiger partial charge in [-0.1, -0.05) is 29.0 Å². The second-order valence-electron chi connectivity index (χ2n) is 4.04. The number of hydrogen-bond acceptors (Lipinski definition) is 3. The van der Waals surface area contributed by atoms with E-state index in [1.807, 2.05) is 10.9 Å². The molecule has 17 heavy (non-hydrogen) atoms. The van der Waals surface area contributed by atoms with Gasteiger partial charge in [0.05, 0.1) is 18.4 Å². The van der Waals surface area contributed by atoms with Gasteiger partial charge in [0.1, 0.15) is 0 Å². The molecule has 0 aliphatic rings. The third-order valence-electron chi connectivity index (χ3n) is 2.63. The van der Waals surface area contributed by atoms with E-state index in [0.29, 0.717) is 6.54 Å². The van der Waals surface area contributed by atoms with Gasteiger partial charge in [0.25, 0.3) is 0 Å². The Kier molecular flexibility index (Phi) is 4.66. The average molecular weight is 253 g/mol. The highest BCUT2D eigenvalue weighted by Crippen LogP contribution is 2.11. The minimum absolute atomic E-state index is 0. The average Bonchev–Trinajstić information content (AvgIpc) is 2.71. The lowest BCUT2D eigenvalue weighted by molar-refractivity contribution is 0.647.